The highest BCUT2D eigenvalue weighted by molar-refractivity contribution is 6.02. The number of anilines is 1. The minimum absolute atomic E-state index is 0.00699. The number of carbonyl (C=O) groups excluding carboxylic acids is 1. The SMILES string of the molecule is CC(C)c1ccccc1OCC(=O)Nc1cccc2ccccc12. The molecule has 0 saturated carbocycles. The minimum atomic E-state index is -0.162. The fraction of sp³-hybridized carbons (Fsp3) is 0.190. The molecule has 0 unspecified atom stereocenters. The highest BCUT2D eigenvalue weighted by Crippen LogP contribution is 2.26. The normalized spacial score (nSPS) is 10.8. The Hall–Kier alpha value is -2.81. The second kappa shape index (κ2) is 7.18. The lowest BCUT2D eigenvalue weighted by Gasteiger charge is -2.14. The predicted molar refractivity (Wildman–Crippen MR) is 98.6 cm³/mol. The Morgan fingerprint density at radius 2 is 1.67 bits per heavy atom. The van der Waals surface area contributed by atoms with Gasteiger partial charge in [-0.3, -0.25) is 4.79 Å². The highest BCUT2D eigenvalue weighted by Gasteiger charge is 2.10. The summed E-state index contributed by atoms with van der Waals surface area (Å²) in [6.45, 7) is 4.21. The fourth-order valence-electron chi connectivity index (χ4n) is 2.75. The van der Waals surface area contributed by atoms with Gasteiger partial charge < -0.3 is 10.1 Å². The van der Waals surface area contributed by atoms with Gasteiger partial charge in [-0.05, 0) is 29.0 Å². The fourth-order valence-corrected chi connectivity index (χ4v) is 2.75. The molecule has 0 heterocycles. The first-order valence-corrected chi connectivity index (χ1v) is 8.14. The quantitative estimate of drug-likeness (QED) is 0.720. The number of rotatable bonds is 5. The van der Waals surface area contributed by atoms with Crippen molar-refractivity contribution in [3.63, 3.8) is 0 Å². The summed E-state index contributed by atoms with van der Waals surface area (Å²) < 4.78 is 5.73. The number of ether oxygens (including phenoxy) is 1. The molecule has 1 amide bonds. The molecule has 1 N–H and O–H groups in total. The van der Waals surface area contributed by atoms with Crippen molar-refractivity contribution in [3.8, 4) is 5.75 Å². The van der Waals surface area contributed by atoms with Crippen LogP contribution in [0.5, 0.6) is 5.75 Å². The van der Waals surface area contributed by atoms with Gasteiger partial charge in [0.25, 0.3) is 5.91 Å². The largest absolute Gasteiger partial charge is 0.483 e. The molecule has 0 aliphatic rings. The Labute approximate surface area is 142 Å². The van der Waals surface area contributed by atoms with E-state index < -0.39 is 0 Å². The van der Waals surface area contributed by atoms with Gasteiger partial charge in [-0.2, -0.15) is 0 Å². The Bertz CT molecular complexity index is 850. The van der Waals surface area contributed by atoms with Gasteiger partial charge in [0, 0.05) is 11.1 Å². The van der Waals surface area contributed by atoms with E-state index in [2.05, 4.69) is 19.2 Å². The van der Waals surface area contributed by atoms with Crippen molar-refractivity contribution in [2.75, 3.05) is 11.9 Å². The molecule has 0 radical (unpaired) electrons. The van der Waals surface area contributed by atoms with Crippen LogP contribution in [-0.2, 0) is 4.79 Å². The van der Waals surface area contributed by atoms with Crippen LogP contribution in [-0.4, -0.2) is 12.5 Å². The summed E-state index contributed by atoms with van der Waals surface area (Å²) in [7, 11) is 0. The molecule has 3 nitrogen and oxygen atoms in total. The molecule has 122 valence electrons. The van der Waals surface area contributed by atoms with E-state index in [9.17, 15) is 4.79 Å². The first kappa shape index (κ1) is 16.1. The van der Waals surface area contributed by atoms with E-state index in [1.807, 2.05) is 66.7 Å². The van der Waals surface area contributed by atoms with Gasteiger partial charge in [0.05, 0.1) is 0 Å². The van der Waals surface area contributed by atoms with Gasteiger partial charge in [-0.1, -0.05) is 68.4 Å². The summed E-state index contributed by atoms with van der Waals surface area (Å²) >= 11 is 0. The van der Waals surface area contributed by atoms with Crippen molar-refractivity contribution >= 4 is 22.4 Å². The minimum Gasteiger partial charge on any atom is -0.483 e. The van der Waals surface area contributed by atoms with Crippen LogP contribution in [0.2, 0.25) is 0 Å². The summed E-state index contributed by atoms with van der Waals surface area (Å²) in [5, 5.41) is 5.06. The highest BCUT2D eigenvalue weighted by atomic mass is 16.5. The summed E-state index contributed by atoms with van der Waals surface area (Å²) in [4.78, 5) is 12.3. The lowest BCUT2D eigenvalue weighted by atomic mass is 10.0. The first-order valence-electron chi connectivity index (χ1n) is 8.14. The topological polar surface area (TPSA) is 38.3 Å². The number of benzene rings is 3. The number of carbonyl (C=O) groups is 1. The van der Waals surface area contributed by atoms with E-state index in [1.54, 1.807) is 0 Å². The van der Waals surface area contributed by atoms with Crippen LogP contribution in [0.4, 0.5) is 5.69 Å². The van der Waals surface area contributed by atoms with Crippen LogP contribution in [0.1, 0.15) is 25.3 Å². The van der Waals surface area contributed by atoms with Crippen molar-refractivity contribution in [2.24, 2.45) is 0 Å². The van der Waals surface area contributed by atoms with Gasteiger partial charge in [-0.25, -0.2) is 0 Å². The van der Waals surface area contributed by atoms with E-state index >= 15 is 0 Å². The second-order valence-corrected chi connectivity index (χ2v) is 6.06. The Balaban J connectivity index is 1.70. The van der Waals surface area contributed by atoms with Gasteiger partial charge in [0.15, 0.2) is 6.61 Å². The number of nitrogens with one attached hydrogen (secondary N) is 1. The standard InChI is InChI=1S/C21H21NO2/c1-15(2)17-10-5-6-13-20(17)24-14-21(23)22-19-12-7-9-16-8-3-4-11-18(16)19/h3-13,15H,14H2,1-2H3,(H,22,23). The number of para-hydroxylation sites is 1. The monoisotopic (exact) mass is 319 g/mol. The lowest BCUT2D eigenvalue weighted by Crippen LogP contribution is -2.20. The predicted octanol–water partition coefficient (Wildman–Crippen LogP) is 4.98. The zero-order valence-electron chi connectivity index (χ0n) is 14.0. The summed E-state index contributed by atoms with van der Waals surface area (Å²) in [5.74, 6) is 0.952. The van der Waals surface area contributed by atoms with Crippen LogP contribution >= 0.6 is 0 Å². The van der Waals surface area contributed by atoms with Crippen molar-refractivity contribution in [2.45, 2.75) is 19.8 Å². The van der Waals surface area contributed by atoms with E-state index in [0.29, 0.717) is 5.92 Å². The average Bonchev–Trinajstić information content (AvgIpc) is 2.60. The van der Waals surface area contributed by atoms with Crippen molar-refractivity contribution < 1.29 is 9.53 Å². The van der Waals surface area contributed by atoms with E-state index in [0.717, 1.165) is 27.8 Å². The van der Waals surface area contributed by atoms with E-state index in [-0.39, 0.29) is 12.5 Å². The van der Waals surface area contributed by atoms with Gasteiger partial charge in [-0.15, -0.1) is 0 Å². The average molecular weight is 319 g/mol. The van der Waals surface area contributed by atoms with Gasteiger partial charge in [0.2, 0.25) is 0 Å². The smallest absolute Gasteiger partial charge is 0.262 e. The molecular weight excluding hydrogens is 298 g/mol. The third-order valence-electron chi connectivity index (χ3n) is 3.96. The molecule has 24 heavy (non-hydrogen) atoms. The number of amides is 1. The van der Waals surface area contributed by atoms with Crippen molar-refractivity contribution in [1.82, 2.24) is 0 Å². The number of hydrogen-bond donors (Lipinski definition) is 1. The first-order chi connectivity index (χ1) is 11.6. The third kappa shape index (κ3) is 3.57. The second-order valence-electron chi connectivity index (χ2n) is 6.06. The van der Waals surface area contributed by atoms with Crippen LogP contribution in [0.25, 0.3) is 10.8 Å². The van der Waals surface area contributed by atoms with Crippen LogP contribution in [0, 0.1) is 0 Å². The molecule has 3 heteroatoms. The zero-order chi connectivity index (χ0) is 16.9. The van der Waals surface area contributed by atoms with E-state index in [1.165, 1.54) is 0 Å². The third-order valence-corrected chi connectivity index (χ3v) is 3.96. The summed E-state index contributed by atoms with van der Waals surface area (Å²) in [6.07, 6.45) is 0. The van der Waals surface area contributed by atoms with Crippen LogP contribution in [0.15, 0.2) is 66.7 Å². The Morgan fingerprint density at radius 3 is 2.50 bits per heavy atom. The molecule has 3 aromatic rings. The molecule has 0 aromatic heterocycles. The van der Waals surface area contributed by atoms with Crippen molar-refractivity contribution in [3.05, 3.63) is 72.3 Å². The maximum absolute atomic E-state index is 12.3. The maximum Gasteiger partial charge on any atom is 0.262 e. The van der Waals surface area contributed by atoms with Crippen LogP contribution in [0.3, 0.4) is 0 Å². The molecule has 0 saturated heterocycles. The summed E-state index contributed by atoms with van der Waals surface area (Å²) in [6, 6.07) is 21.7. The molecule has 0 bridgehead atoms. The zero-order valence-corrected chi connectivity index (χ0v) is 14.0. The summed E-state index contributed by atoms with van der Waals surface area (Å²) in [5.41, 5.74) is 1.91. The molecular formula is C21H21NO2. The van der Waals surface area contributed by atoms with Crippen molar-refractivity contribution in [1.29, 1.82) is 0 Å². The molecule has 3 rings (SSSR count). The molecule has 0 aliphatic heterocycles. The van der Waals surface area contributed by atoms with Gasteiger partial charge in [0.1, 0.15) is 5.75 Å². The van der Waals surface area contributed by atoms with Gasteiger partial charge >= 0.3 is 0 Å². The number of fused-ring (bicyclic) bond motifs is 1. The molecule has 0 spiro atoms. The Kier molecular flexibility index (Phi) is 4.80. The molecule has 0 atom stereocenters. The molecule has 0 aliphatic carbocycles. The number of hydrogen-bond acceptors (Lipinski definition) is 2. The van der Waals surface area contributed by atoms with Crippen LogP contribution < -0.4 is 10.1 Å². The van der Waals surface area contributed by atoms with E-state index in [4.69, 9.17) is 4.74 Å². The molecule has 3 aromatic carbocycles. The molecule has 0 fully saturated rings. The lowest BCUT2D eigenvalue weighted by molar-refractivity contribution is -0.118. The maximum atomic E-state index is 12.3. The Morgan fingerprint density at radius 1 is 0.958 bits per heavy atom.